The average Bonchev–Trinajstić information content (AvgIpc) is 2.88. The maximum Gasteiger partial charge on any atom is 0.360 e. The van der Waals surface area contributed by atoms with Gasteiger partial charge in [0.2, 0.25) is 0 Å². The Hall–Kier alpha value is -2.28. The molecule has 20 heavy (non-hydrogen) atoms. The Labute approximate surface area is 114 Å². The normalized spacial score (nSPS) is 12.2. The summed E-state index contributed by atoms with van der Waals surface area (Å²) in [5.41, 5.74) is 0.637. The molecule has 2 rings (SSSR count). The lowest BCUT2D eigenvalue weighted by molar-refractivity contribution is 0.0519. The van der Waals surface area contributed by atoms with E-state index in [0.29, 0.717) is 5.56 Å². The number of nitrogens with zero attached hydrogens (tertiary/aromatic N) is 3. The van der Waals surface area contributed by atoms with Crippen LogP contribution in [-0.4, -0.2) is 32.7 Å². The van der Waals surface area contributed by atoms with Gasteiger partial charge in [0.05, 0.1) is 25.5 Å². The predicted octanol–water partition coefficient (Wildman–Crippen LogP) is 1.33. The zero-order valence-corrected chi connectivity index (χ0v) is 10.9. The summed E-state index contributed by atoms with van der Waals surface area (Å²) in [6.45, 7) is 2.06. The highest BCUT2D eigenvalue weighted by atomic mass is 19.1. The molecule has 0 aliphatic heterocycles. The first-order valence-corrected chi connectivity index (χ1v) is 6.11. The number of aliphatic hydroxyl groups is 1. The van der Waals surface area contributed by atoms with Crippen molar-refractivity contribution in [3.63, 3.8) is 0 Å². The summed E-state index contributed by atoms with van der Waals surface area (Å²) in [5, 5.41) is 17.4. The zero-order valence-electron chi connectivity index (χ0n) is 10.9. The highest BCUT2D eigenvalue weighted by Crippen LogP contribution is 2.15. The van der Waals surface area contributed by atoms with Crippen molar-refractivity contribution in [2.75, 3.05) is 6.61 Å². The van der Waals surface area contributed by atoms with Gasteiger partial charge >= 0.3 is 5.97 Å². The van der Waals surface area contributed by atoms with Gasteiger partial charge in [-0.15, -0.1) is 5.10 Å². The molecule has 0 bridgehead atoms. The van der Waals surface area contributed by atoms with Crippen molar-refractivity contribution in [2.24, 2.45) is 0 Å². The Morgan fingerprint density at radius 1 is 1.45 bits per heavy atom. The number of hydrogen-bond donors (Lipinski definition) is 1. The lowest BCUT2D eigenvalue weighted by atomic mass is 10.1. The first-order valence-electron chi connectivity index (χ1n) is 6.11. The molecule has 0 fully saturated rings. The summed E-state index contributed by atoms with van der Waals surface area (Å²) in [5.74, 6) is -0.929. The minimum atomic E-state index is -0.868. The Morgan fingerprint density at radius 3 is 2.80 bits per heavy atom. The smallest absolute Gasteiger partial charge is 0.360 e. The molecule has 1 N–H and O–H groups in total. The Balaban J connectivity index is 2.03. The number of rotatable bonds is 5. The fraction of sp³-hybridized carbons (Fsp3) is 0.308. The molecule has 0 spiro atoms. The van der Waals surface area contributed by atoms with Crippen LogP contribution in [0.25, 0.3) is 0 Å². The van der Waals surface area contributed by atoms with Crippen molar-refractivity contribution in [1.82, 2.24) is 15.0 Å². The van der Waals surface area contributed by atoms with E-state index in [1.165, 1.54) is 35.1 Å². The van der Waals surface area contributed by atoms with Crippen molar-refractivity contribution in [3.05, 3.63) is 47.5 Å². The van der Waals surface area contributed by atoms with Crippen molar-refractivity contribution in [1.29, 1.82) is 0 Å². The molecule has 1 heterocycles. The number of carbonyl (C=O) groups excluding carboxylic acids is 1. The maximum absolute atomic E-state index is 12.8. The van der Waals surface area contributed by atoms with E-state index in [9.17, 15) is 14.3 Å². The van der Waals surface area contributed by atoms with E-state index >= 15 is 0 Å². The molecule has 1 unspecified atom stereocenters. The van der Waals surface area contributed by atoms with Crippen molar-refractivity contribution in [2.45, 2.75) is 19.6 Å². The highest BCUT2D eigenvalue weighted by Gasteiger charge is 2.14. The van der Waals surface area contributed by atoms with Crippen LogP contribution in [0.5, 0.6) is 0 Å². The van der Waals surface area contributed by atoms with Crippen LogP contribution >= 0.6 is 0 Å². The van der Waals surface area contributed by atoms with Gasteiger partial charge in [0.15, 0.2) is 5.69 Å². The van der Waals surface area contributed by atoms with Crippen LogP contribution < -0.4 is 0 Å². The molecule has 2 aromatic rings. The standard InChI is InChI=1S/C13H14FN3O3/c1-2-20-13(19)11-7-17(16-15-11)8-12(18)9-3-5-10(14)6-4-9/h3-7,12,18H,2,8H2,1H3. The van der Waals surface area contributed by atoms with Gasteiger partial charge in [-0.3, -0.25) is 0 Å². The van der Waals surface area contributed by atoms with Crippen molar-refractivity contribution >= 4 is 5.97 Å². The third kappa shape index (κ3) is 3.39. The van der Waals surface area contributed by atoms with Crippen LogP contribution in [0, 0.1) is 5.82 Å². The van der Waals surface area contributed by atoms with Crippen LogP contribution in [-0.2, 0) is 11.3 Å². The van der Waals surface area contributed by atoms with Crippen molar-refractivity contribution < 1.29 is 19.0 Å². The number of hydrogen-bond acceptors (Lipinski definition) is 5. The number of ether oxygens (including phenoxy) is 1. The number of carbonyl (C=O) groups is 1. The van der Waals surface area contributed by atoms with Gasteiger partial charge in [0, 0.05) is 0 Å². The largest absolute Gasteiger partial charge is 0.461 e. The van der Waals surface area contributed by atoms with Crippen LogP contribution in [0.3, 0.4) is 0 Å². The molecule has 6 nitrogen and oxygen atoms in total. The fourth-order valence-corrected chi connectivity index (χ4v) is 1.65. The molecule has 1 aromatic heterocycles. The molecule has 0 aliphatic carbocycles. The Kier molecular flexibility index (Phi) is 4.41. The highest BCUT2D eigenvalue weighted by molar-refractivity contribution is 5.86. The second-order valence-electron chi connectivity index (χ2n) is 4.11. The van der Waals surface area contributed by atoms with Gasteiger partial charge in [-0.1, -0.05) is 17.3 Å². The SMILES string of the molecule is CCOC(=O)c1cn(CC(O)c2ccc(F)cc2)nn1. The van der Waals surface area contributed by atoms with Gasteiger partial charge in [0.1, 0.15) is 5.82 Å². The fourth-order valence-electron chi connectivity index (χ4n) is 1.65. The van der Waals surface area contributed by atoms with E-state index in [1.807, 2.05) is 0 Å². The third-order valence-corrected chi connectivity index (χ3v) is 2.64. The molecule has 0 amide bonds. The Bertz CT molecular complexity index is 583. The zero-order chi connectivity index (χ0) is 14.5. The van der Waals surface area contributed by atoms with E-state index in [0.717, 1.165) is 0 Å². The summed E-state index contributed by atoms with van der Waals surface area (Å²) >= 11 is 0. The van der Waals surface area contributed by atoms with Gasteiger partial charge in [0.25, 0.3) is 0 Å². The lowest BCUT2D eigenvalue weighted by Crippen LogP contribution is -2.09. The van der Waals surface area contributed by atoms with Gasteiger partial charge in [-0.05, 0) is 24.6 Å². The summed E-state index contributed by atoms with van der Waals surface area (Å²) in [7, 11) is 0. The maximum atomic E-state index is 12.8. The van der Waals surface area contributed by atoms with Crippen LogP contribution in [0.2, 0.25) is 0 Å². The second kappa shape index (κ2) is 6.25. The van der Waals surface area contributed by atoms with Crippen LogP contribution in [0.15, 0.2) is 30.5 Å². The van der Waals surface area contributed by atoms with Crippen LogP contribution in [0.1, 0.15) is 29.1 Å². The number of aliphatic hydroxyl groups excluding tert-OH is 1. The first-order chi connectivity index (χ1) is 9.60. The molecule has 0 saturated carbocycles. The van der Waals surface area contributed by atoms with Gasteiger partial charge in [-0.25, -0.2) is 13.9 Å². The van der Waals surface area contributed by atoms with Gasteiger partial charge < -0.3 is 9.84 Å². The Morgan fingerprint density at radius 2 is 2.15 bits per heavy atom. The summed E-state index contributed by atoms with van der Waals surface area (Å²) < 4.78 is 18.9. The van der Waals surface area contributed by atoms with Crippen LogP contribution in [0.4, 0.5) is 4.39 Å². The molecule has 0 aliphatic rings. The lowest BCUT2D eigenvalue weighted by Gasteiger charge is -2.10. The number of aromatic nitrogens is 3. The number of halogens is 1. The molecule has 1 atom stereocenters. The minimum Gasteiger partial charge on any atom is -0.461 e. The van der Waals surface area contributed by atoms with Gasteiger partial charge in [-0.2, -0.15) is 0 Å². The van der Waals surface area contributed by atoms with E-state index in [-0.39, 0.29) is 24.7 Å². The molecule has 0 radical (unpaired) electrons. The molecule has 1 aromatic carbocycles. The summed E-state index contributed by atoms with van der Waals surface area (Å²) in [6, 6.07) is 5.51. The van der Waals surface area contributed by atoms with E-state index in [4.69, 9.17) is 4.74 Å². The molecular weight excluding hydrogens is 265 g/mol. The van der Waals surface area contributed by atoms with E-state index < -0.39 is 12.1 Å². The monoisotopic (exact) mass is 279 g/mol. The van der Waals surface area contributed by atoms with E-state index in [1.54, 1.807) is 6.92 Å². The molecule has 106 valence electrons. The quantitative estimate of drug-likeness (QED) is 0.835. The van der Waals surface area contributed by atoms with E-state index in [2.05, 4.69) is 10.3 Å². The minimum absolute atomic E-state index is 0.0816. The molecule has 7 heteroatoms. The predicted molar refractivity (Wildman–Crippen MR) is 67.3 cm³/mol. The summed E-state index contributed by atoms with van der Waals surface area (Å²) in [6.07, 6.45) is 0.525. The average molecular weight is 279 g/mol. The molecular formula is C13H14FN3O3. The summed E-state index contributed by atoms with van der Waals surface area (Å²) in [4.78, 5) is 11.4. The number of esters is 1. The molecule has 0 saturated heterocycles. The van der Waals surface area contributed by atoms with Crippen molar-refractivity contribution in [3.8, 4) is 0 Å². The second-order valence-corrected chi connectivity index (χ2v) is 4.11. The first kappa shape index (κ1) is 14.1. The third-order valence-electron chi connectivity index (χ3n) is 2.64. The number of benzene rings is 1. The topological polar surface area (TPSA) is 77.2 Å².